The smallest absolute Gasteiger partial charge is 0.326 e. The topological polar surface area (TPSA) is 67.8 Å². The summed E-state index contributed by atoms with van der Waals surface area (Å²) in [6, 6.07) is 0.0984. The van der Waals surface area contributed by atoms with Crippen LogP contribution in [0.15, 0.2) is 0 Å². The summed E-state index contributed by atoms with van der Waals surface area (Å²) in [6.45, 7) is 1.79. The Bertz CT molecular complexity index is 246. The maximum absolute atomic E-state index is 11.2. The van der Waals surface area contributed by atoms with Gasteiger partial charge < -0.3 is 14.6 Å². The maximum Gasteiger partial charge on any atom is 0.326 e. The molecular formula is C11H21NO4. The average Bonchev–Trinajstić information content (AvgIpc) is 2.65. The zero-order chi connectivity index (χ0) is 12.2. The molecule has 0 amide bonds. The number of carboxylic acid groups (broad SMARTS) is 1. The molecule has 1 fully saturated rings. The molecule has 0 aromatic carbocycles. The van der Waals surface area contributed by atoms with Crippen LogP contribution in [0.5, 0.6) is 0 Å². The summed E-state index contributed by atoms with van der Waals surface area (Å²) in [5.74, 6) is -0.892. The highest BCUT2D eigenvalue weighted by Gasteiger charge is 2.39. The molecule has 0 saturated heterocycles. The molecule has 2 N–H and O–H groups in total. The van der Waals surface area contributed by atoms with Crippen molar-refractivity contribution in [2.75, 3.05) is 20.8 Å². The quantitative estimate of drug-likeness (QED) is 0.702. The first-order valence-electron chi connectivity index (χ1n) is 5.56. The van der Waals surface area contributed by atoms with Gasteiger partial charge in [-0.25, -0.2) is 0 Å². The molecule has 1 aliphatic carbocycles. The third-order valence-electron chi connectivity index (χ3n) is 3.16. The number of carbonyl (C=O) groups is 1. The first kappa shape index (κ1) is 13.4. The molecule has 5 heteroatoms. The van der Waals surface area contributed by atoms with Crippen LogP contribution in [0.2, 0.25) is 0 Å². The third-order valence-corrected chi connectivity index (χ3v) is 3.16. The fourth-order valence-corrected chi connectivity index (χ4v) is 2.24. The number of hydrogen-bond donors (Lipinski definition) is 2. The van der Waals surface area contributed by atoms with Crippen LogP contribution < -0.4 is 5.32 Å². The second-order valence-electron chi connectivity index (χ2n) is 4.53. The van der Waals surface area contributed by atoms with E-state index in [1.54, 1.807) is 14.0 Å². The Hall–Kier alpha value is -0.650. The minimum atomic E-state index is -1.04. The van der Waals surface area contributed by atoms with Crippen molar-refractivity contribution in [2.45, 2.75) is 43.9 Å². The molecule has 0 heterocycles. The highest BCUT2D eigenvalue weighted by Crippen LogP contribution is 2.23. The Labute approximate surface area is 96.1 Å². The molecule has 0 aromatic rings. The van der Waals surface area contributed by atoms with E-state index < -0.39 is 11.5 Å². The number of methoxy groups -OCH3 is 2. The summed E-state index contributed by atoms with van der Waals surface area (Å²) < 4.78 is 10.3. The largest absolute Gasteiger partial charge is 0.480 e. The van der Waals surface area contributed by atoms with Crippen molar-refractivity contribution in [2.24, 2.45) is 0 Å². The summed E-state index contributed by atoms with van der Waals surface area (Å²) >= 11 is 0. The number of carboxylic acids is 1. The molecule has 1 rings (SSSR count). The standard InChI is InChI=1S/C11H21NO4/c1-11(7-15-2,10(13)14)12-8-5-4-6-9(8)16-3/h8-9,12H,4-7H2,1-3H3,(H,13,14). The third kappa shape index (κ3) is 2.93. The second-order valence-corrected chi connectivity index (χ2v) is 4.53. The van der Waals surface area contributed by atoms with Crippen LogP contribution in [-0.2, 0) is 14.3 Å². The van der Waals surface area contributed by atoms with E-state index in [9.17, 15) is 9.90 Å². The Morgan fingerprint density at radius 1 is 1.50 bits per heavy atom. The van der Waals surface area contributed by atoms with Gasteiger partial charge in [-0.15, -0.1) is 0 Å². The SMILES string of the molecule is COCC(C)(NC1CCCC1OC)C(=O)O. The number of ether oxygens (including phenoxy) is 2. The highest BCUT2D eigenvalue weighted by molar-refractivity contribution is 5.78. The van der Waals surface area contributed by atoms with E-state index in [0.717, 1.165) is 19.3 Å². The maximum atomic E-state index is 11.2. The van der Waals surface area contributed by atoms with Crippen molar-refractivity contribution < 1.29 is 19.4 Å². The molecule has 5 nitrogen and oxygen atoms in total. The normalized spacial score (nSPS) is 28.9. The molecular weight excluding hydrogens is 210 g/mol. The van der Waals surface area contributed by atoms with Crippen LogP contribution in [0.4, 0.5) is 0 Å². The number of hydrogen-bond acceptors (Lipinski definition) is 4. The summed E-state index contributed by atoms with van der Waals surface area (Å²) in [6.07, 6.45) is 3.11. The van der Waals surface area contributed by atoms with Gasteiger partial charge in [0.2, 0.25) is 0 Å². The molecule has 0 bridgehead atoms. The lowest BCUT2D eigenvalue weighted by Gasteiger charge is -2.31. The highest BCUT2D eigenvalue weighted by atomic mass is 16.5. The van der Waals surface area contributed by atoms with E-state index in [2.05, 4.69) is 5.32 Å². The molecule has 3 atom stereocenters. The van der Waals surface area contributed by atoms with Gasteiger partial charge in [-0.2, -0.15) is 0 Å². The first-order chi connectivity index (χ1) is 7.53. The van der Waals surface area contributed by atoms with Gasteiger partial charge in [0.25, 0.3) is 0 Å². The zero-order valence-corrected chi connectivity index (χ0v) is 10.2. The fraction of sp³-hybridized carbons (Fsp3) is 0.909. The number of aliphatic carboxylic acids is 1. The zero-order valence-electron chi connectivity index (χ0n) is 10.2. The minimum absolute atomic E-state index is 0.0984. The van der Waals surface area contributed by atoms with Gasteiger partial charge in [-0.05, 0) is 26.2 Å². The fourth-order valence-electron chi connectivity index (χ4n) is 2.24. The Morgan fingerprint density at radius 3 is 2.69 bits per heavy atom. The lowest BCUT2D eigenvalue weighted by molar-refractivity contribution is -0.147. The molecule has 0 spiro atoms. The van der Waals surface area contributed by atoms with Crippen LogP contribution >= 0.6 is 0 Å². The van der Waals surface area contributed by atoms with Crippen molar-refractivity contribution in [1.82, 2.24) is 5.32 Å². The lowest BCUT2D eigenvalue weighted by atomic mass is 10.0. The predicted molar refractivity (Wildman–Crippen MR) is 59.5 cm³/mol. The lowest BCUT2D eigenvalue weighted by Crippen LogP contribution is -2.58. The summed E-state index contributed by atoms with van der Waals surface area (Å²) in [4.78, 5) is 11.2. The molecule has 0 aliphatic heterocycles. The van der Waals surface area contributed by atoms with Crippen molar-refractivity contribution in [1.29, 1.82) is 0 Å². The molecule has 16 heavy (non-hydrogen) atoms. The Kier molecular flexibility index (Phi) is 4.70. The summed E-state index contributed by atoms with van der Waals surface area (Å²) in [5.41, 5.74) is -1.04. The van der Waals surface area contributed by atoms with Crippen molar-refractivity contribution in [3.8, 4) is 0 Å². The van der Waals surface area contributed by atoms with Gasteiger partial charge in [0.15, 0.2) is 0 Å². The van der Waals surface area contributed by atoms with E-state index in [1.165, 1.54) is 7.11 Å². The monoisotopic (exact) mass is 231 g/mol. The van der Waals surface area contributed by atoms with Gasteiger partial charge in [0.1, 0.15) is 5.54 Å². The number of rotatable bonds is 6. The van der Waals surface area contributed by atoms with Crippen LogP contribution in [0.25, 0.3) is 0 Å². The molecule has 0 aromatic heterocycles. The van der Waals surface area contributed by atoms with E-state index in [1.807, 2.05) is 0 Å². The Balaban J connectivity index is 2.64. The van der Waals surface area contributed by atoms with Gasteiger partial charge in [0.05, 0.1) is 12.7 Å². The predicted octanol–water partition coefficient (Wildman–Crippen LogP) is 0.633. The van der Waals surface area contributed by atoms with Crippen molar-refractivity contribution in [3.05, 3.63) is 0 Å². The molecule has 1 saturated carbocycles. The molecule has 1 aliphatic rings. The van der Waals surface area contributed by atoms with E-state index in [-0.39, 0.29) is 18.8 Å². The van der Waals surface area contributed by atoms with Crippen LogP contribution in [0.1, 0.15) is 26.2 Å². The molecule has 3 unspecified atom stereocenters. The Morgan fingerprint density at radius 2 is 2.19 bits per heavy atom. The van der Waals surface area contributed by atoms with E-state index in [4.69, 9.17) is 9.47 Å². The van der Waals surface area contributed by atoms with Crippen LogP contribution in [0.3, 0.4) is 0 Å². The summed E-state index contributed by atoms with van der Waals surface area (Å²) in [7, 11) is 3.17. The molecule has 0 radical (unpaired) electrons. The van der Waals surface area contributed by atoms with Crippen molar-refractivity contribution >= 4 is 5.97 Å². The van der Waals surface area contributed by atoms with Gasteiger partial charge in [0, 0.05) is 20.3 Å². The van der Waals surface area contributed by atoms with Gasteiger partial charge >= 0.3 is 5.97 Å². The minimum Gasteiger partial charge on any atom is -0.480 e. The molecule has 94 valence electrons. The summed E-state index contributed by atoms with van der Waals surface area (Å²) in [5, 5.41) is 12.3. The van der Waals surface area contributed by atoms with Crippen LogP contribution in [-0.4, -0.2) is 49.6 Å². The average molecular weight is 231 g/mol. The first-order valence-corrected chi connectivity index (χ1v) is 5.56. The van der Waals surface area contributed by atoms with E-state index >= 15 is 0 Å². The van der Waals surface area contributed by atoms with Crippen LogP contribution in [0, 0.1) is 0 Å². The van der Waals surface area contributed by atoms with Gasteiger partial charge in [-0.1, -0.05) is 0 Å². The van der Waals surface area contributed by atoms with Gasteiger partial charge in [-0.3, -0.25) is 10.1 Å². The van der Waals surface area contributed by atoms with Crippen molar-refractivity contribution in [3.63, 3.8) is 0 Å². The second kappa shape index (κ2) is 5.61. The van der Waals surface area contributed by atoms with E-state index in [0.29, 0.717) is 0 Å². The number of nitrogens with one attached hydrogen (secondary N) is 1.